The Bertz CT molecular complexity index is 1010. The highest BCUT2D eigenvalue weighted by Crippen LogP contribution is 2.27. The van der Waals surface area contributed by atoms with E-state index in [1.54, 1.807) is 36.2 Å². The highest BCUT2D eigenvalue weighted by Gasteiger charge is 2.31. The number of nitrogens with zero attached hydrogens (tertiary/aromatic N) is 3. The Hall–Kier alpha value is -2.65. The first kappa shape index (κ1) is 19.1. The number of sulfonamides is 1. The Kier molecular flexibility index (Phi) is 5.33. The lowest BCUT2D eigenvalue weighted by molar-refractivity contribution is -0.133. The highest BCUT2D eigenvalue weighted by atomic mass is 32.2. The summed E-state index contributed by atoms with van der Waals surface area (Å²) in [6.07, 6.45) is 1.54. The molecule has 1 aliphatic rings. The standard InChI is InChI=1S/C18H21N3O5S/c1-14-5-6-15(22)16(12-14)27(25,26)21-10-8-19(9-11-21)18(24)13-20-7-3-2-4-17(20)23/h2-7,12,22H,8-11,13H2,1H3. The Labute approximate surface area is 157 Å². The fourth-order valence-corrected chi connectivity index (χ4v) is 4.57. The number of phenols is 1. The van der Waals surface area contributed by atoms with Gasteiger partial charge in [0.25, 0.3) is 5.56 Å². The normalized spacial score (nSPS) is 15.7. The average molecular weight is 391 g/mol. The Balaban J connectivity index is 1.68. The first-order valence-electron chi connectivity index (χ1n) is 8.52. The molecule has 144 valence electrons. The first-order valence-corrected chi connectivity index (χ1v) is 9.96. The van der Waals surface area contributed by atoms with Gasteiger partial charge in [-0.3, -0.25) is 9.59 Å². The van der Waals surface area contributed by atoms with E-state index in [0.717, 1.165) is 5.56 Å². The third-order valence-corrected chi connectivity index (χ3v) is 6.46. The van der Waals surface area contributed by atoms with E-state index in [1.807, 2.05) is 0 Å². The molecule has 0 aliphatic carbocycles. The molecule has 1 aromatic heterocycles. The summed E-state index contributed by atoms with van der Waals surface area (Å²) in [7, 11) is -3.84. The summed E-state index contributed by atoms with van der Waals surface area (Å²) in [4.78, 5) is 25.5. The molecule has 1 aliphatic heterocycles. The molecule has 8 nitrogen and oxygen atoms in total. The van der Waals surface area contributed by atoms with Crippen LogP contribution in [-0.2, 0) is 21.4 Å². The summed E-state index contributed by atoms with van der Waals surface area (Å²) >= 11 is 0. The molecule has 1 fully saturated rings. The zero-order chi connectivity index (χ0) is 19.6. The predicted octanol–water partition coefficient (Wildman–Crippen LogP) is 0.395. The second kappa shape index (κ2) is 7.53. The number of hydrogen-bond acceptors (Lipinski definition) is 5. The maximum absolute atomic E-state index is 12.8. The molecule has 1 aromatic carbocycles. The van der Waals surface area contributed by atoms with Crippen LogP contribution in [0.1, 0.15) is 5.56 Å². The number of phenolic OH excluding ortho intramolecular Hbond substituents is 1. The number of benzene rings is 1. The van der Waals surface area contributed by atoms with Gasteiger partial charge in [0.15, 0.2) is 0 Å². The molecule has 0 bridgehead atoms. The van der Waals surface area contributed by atoms with Crippen molar-refractivity contribution in [1.82, 2.24) is 13.8 Å². The van der Waals surface area contributed by atoms with Gasteiger partial charge in [-0.05, 0) is 30.7 Å². The van der Waals surface area contributed by atoms with Crippen LogP contribution < -0.4 is 5.56 Å². The molecule has 27 heavy (non-hydrogen) atoms. The molecule has 9 heteroatoms. The SMILES string of the molecule is Cc1ccc(O)c(S(=O)(=O)N2CCN(C(=O)Cn3ccccc3=O)CC2)c1. The monoisotopic (exact) mass is 391 g/mol. The second-order valence-corrected chi connectivity index (χ2v) is 8.33. The van der Waals surface area contributed by atoms with E-state index in [1.165, 1.54) is 27.1 Å². The maximum atomic E-state index is 12.8. The molecular formula is C18H21N3O5S. The van der Waals surface area contributed by atoms with Crippen LogP contribution in [-0.4, -0.2) is 59.4 Å². The van der Waals surface area contributed by atoms with E-state index < -0.39 is 10.0 Å². The molecular weight excluding hydrogens is 370 g/mol. The predicted molar refractivity (Wildman–Crippen MR) is 98.9 cm³/mol. The van der Waals surface area contributed by atoms with Crippen molar-refractivity contribution in [3.05, 3.63) is 58.5 Å². The summed E-state index contributed by atoms with van der Waals surface area (Å²) < 4.78 is 28.2. The zero-order valence-corrected chi connectivity index (χ0v) is 15.7. The number of carbonyl (C=O) groups excluding carboxylic acids is 1. The fourth-order valence-electron chi connectivity index (χ4n) is 2.98. The molecule has 0 atom stereocenters. The largest absolute Gasteiger partial charge is 0.507 e. The van der Waals surface area contributed by atoms with E-state index >= 15 is 0 Å². The summed E-state index contributed by atoms with van der Waals surface area (Å²) in [5.41, 5.74) is 0.468. The minimum atomic E-state index is -3.84. The lowest BCUT2D eigenvalue weighted by Crippen LogP contribution is -2.51. The molecule has 1 amide bonds. The molecule has 1 N–H and O–H groups in total. The zero-order valence-electron chi connectivity index (χ0n) is 14.9. The van der Waals surface area contributed by atoms with Crippen LogP contribution in [0.4, 0.5) is 0 Å². The lowest BCUT2D eigenvalue weighted by atomic mass is 10.2. The number of amides is 1. The van der Waals surface area contributed by atoms with Gasteiger partial charge in [0.05, 0.1) is 0 Å². The van der Waals surface area contributed by atoms with Gasteiger partial charge in [-0.1, -0.05) is 12.1 Å². The molecule has 0 spiro atoms. The fraction of sp³-hybridized carbons (Fsp3) is 0.333. The number of aromatic nitrogens is 1. The van der Waals surface area contributed by atoms with Crippen LogP contribution in [0.2, 0.25) is 0 Å². The Morgan fingerprint density at radius 1 is 1.11 bits per heavy atom. The number of pyridine rings is 1. The van der Waals surface area contributed by atoms with E-state index in [-0.39, 0.29) is 54.8 Å². The topological polar surface area (TPSA) is 99.9 Å². The lowest BCUT2D eigenvalue weighted by Gasteiger charge is -2.34. The number of aromatic hydroxyl groups is 1. The van der Waals surface area contributed by atoms with E-state index in [0.29, 0.717) is 0 Å². The number of aryl methyl sites for hydroxylation is 1. The van der Waals surface area contributed by atoms with Crippen molar-refractivity contribution in [2.45, 2.75) is 18.4 Å². The summed E-state index contributed by atoms with van der Waals surface area (Å²) in [5.74, 6) is -0.527. The number of carbonyl (C=O) groups is 1. The second-order valence-electron chi connectivity index (χ2n) is 6.42. The van der Waals surface area contributed by atoms with E-state index in [2.05, 4.69) is 0 Å². The van der Waals surface area contributed by atoms with Crippen molar-refractivity contribution in [1.29, 1.82) is 0 Å². The van der Waals surface area contributed by atoms with Gasteiger partial charge in [0, 0.05) is 38.4 Å². The summed E-state index contributed by atoms with van der Waals surface area (Å²) in [5, 5.41) is 9.93. The maximum Gasteiger partial charge on any atom is 0.250 e. The van der Waals surface area contributed by atoms with Crippen molar-refractivity contribution >= 4 is 15.9 Å². The molecule has 0 saturated carbocycles. The Morgan fingerprint density at radius 2 is 1.81 bits per heavy atom. The molecule has 0 unspecified atom stereocenters. The van der Waals surface area contributed by atoms with Crippen molar-refractivity contribution in [2.75, 3.05) is 26.2 Å². The van der Waals surface area contributed by atoms with Crippen LogP contribution in [0.5, 0.6) is 5.75 Å². The van der Waals surface area contributed by atoms with Crippen LogP contribution in [0.15, 0.2) is 52.3 Å². The van der Waals surface area contributed by atoms with Crippen molar-refractivity contribution in [3.63, 3.8) is 0 Å². The molecule has 2 aromatic rings. The minimum Gasteiger partial charge on any atom is -0.507 e. The average Bonchev–Trinajstić information content (AvgIpc) is 2.65. The van der Waals surface area contributed by atoms with Gasteiger partial charge in [0.2, 0.25) is 15.9 Å². The minimum absolute atomic E-state index is 0.0783. The van der Waals surface area contributed by atoms with Crippen molar-refractivity contribution < 1.29 is 18.3 Å². The van der Waals surface area contributed by atoms with E-state index in [4.69, 9.17) is 0 Å². The number of piperazine rings is 1. The van der Waals surface area contributed by atoms with E-state index in [9.17, 15) is 23.1 Å². The number of hydrogen-bond donors (Lipinski definition) is 1. The van der Waals surface area contributed by atoms with Gasteiger partial charge in [0.1, 0.15) is 17.2 Å². The summed E-state index contributed by atoms with van der Waals surface area (Å²) in [6, 6.07) is 9.09. The van der Waals surface area contributed by atoms with Crippen LogP contribution >= 0.6 is 0 Å². The van der Waals surface area contributed by atoms with Crippen LogP contribution in [0, 0.1) is 6.92 Å². The molecule has 2 heterocycles. The molecule has 0 radical (unpaired) electrons. The quantitative estimate of drug-likeness (QED) is 0.813. The Morgan fingerprint density at radius 3 is 2.48 bits per heavy atom. The van der Waals surface area contributed by atoms with Gasteiger partial charge >= 0.3 is 0 Å². The van der Waals surface area contributed by atoms with Gasteiger partial charge in [-0.25, -0.2) is 8.42 Å². The smallest absolute Gasteiger partial charge is 0.250 e. The van der Waals surface area contributed by atoms with Gasteiger partial charge in [-0.2, -0.15) is 4.31 Å². The first-order chi connectivity index (χ1) is 12.8. The van der Waals surface area contributed by atoms with Gasteiger partial charge in [-0.15, -0.1) is 0 Å². The van der Waals surface area contributed by atoms with Crippen molar-refractivity contribution in [3.8, 4) is 5.75 Å². The number of rotatable bonds is 4. The van der Waals surface area contributed by atoms with Crippen LogP contribution in [0.3, 0.4) is 0 Å². The molecule has 1 saturated heterocycles. The van der Waals surface area contributed by atoms with Gasteiger partial charge < -0.3 is 14.6 Å². The van der Waals surface area contributed by atoms with Crippen molar-refractivity contribution in [2.24, 2.45) is 0 Å². The summed E-state index contributed by atoms with van der Waals surface area (Å²) in [6.45, 7) is 2.39. The third-order valence-electron chi connectivity index (χ3n) is 4.53. The third kappa shape index (κ3) is 4.04. The molecule has 3 rings (SSSR count). The van der Waals surface area contributed by atoms with Crippen LogP contribution in [0.25, 0.3) is 0 Å². The highest BCUT2D eigenvalue weighted by molar-refractivity contribution is 7.89.